The molecule has 0 fully saturated rings. The van der Waals surface area contributed by atoms with Crippen molar-refractivity contribution in [2.24, 2.45) is 0 Å². The summed E-state index contributed by atoms with van der Waals surface area (Å²) in [4.78, 5) is 31.5. The summed E-state index contributed by atoms with van der Waals surface area (Å²) in [6.45, 7) is 0. The van der Waals surface area contributed by atoms with Crippen LogP contribution in [0.5, 0.6) is 0 Å². The molecule has 130 valence electrons. The van der Waals surface area contributed by atoms with E-state index in [1.165, 1.54) is 23.0 Å². The Bertz CT molecular complexity index is 1110. The van der Waals surface area contributed by atoms with Crippen molar-refractivity contribution in [2.45, 2.75) is 12.5 Å². The molecule has 0 aliphatic heterocycles. The van der Waals surface area contributed by atoms with Crippen molar-refractivity contribution < 1.29 is 14.7 Å². The van der Waals surface area contributed by atoms with Gasteiger partial charge in [0.05, 0.1) is 6.20 Å². The fourth-order valence-electron chi connectivity index (χ4n) is 2.96. The van der Waals surface area contributed by atoms with E-state index < -0.39 is 17.9 Å². The van der Waals surface area contributed by atoms with Crippen LogP contribution in [0, 0.1) is 0 Å². The normalized spacial score (nSPS) is 12.3. The fraction of sp³-hybridized carbons (Fsp3) is 0.111. The highest BCUT2D eigenvalue weighted by molar-refractivity contribution is 5.95. The van der Waals surface area contributed by atoms with Crippen molar-refractivity contribution in [3.63, 3.8) is 0 Å². The van der Waals surface area contributed by atoms with Crippen LogP contribution in [0.3, 0.4) is 0 Å². The Hall–Kier alpha value is -3.68. The molecule has 0 aliphatic rings. The lowest BCUT2D eigenvalue weighted by Crippen LogP contribution is -2.43. The molecule has 3 heterocycles. The van der Waals surface area contributed by atoms with Crippen LogP contribution in [0.15, 0.2) is 55.0 Å². The molecule has 3 N–H and O–H groups in total. The molecule has 1 unspecified atom stereocenters. The Balaban J connectivity index is 1.60. The maximum atomic E-state index is 12.6. The van der Waals surface area contributed by atoms with Crippen LogP contribution in [-0.4, -0.2) is 42.6 Å². The first-order chi connectivity index (χ1) is 12.6. The second kappa shape index (κ2) is 6.32. The zero-order valence-electron chi connectivity index (χ0n) is 13.6. The second-order valence-corrected chi connectivity index (χ2v) is 5.86. The van der Waals surface area contributed by atoms with Crippen LogP contribution in [0.25, 0.3) is 16.6 Å². The van der Waals surface area contributed by atoms with Gasteiger partial charge in [0.1, 0.15) is 11.7 Å². The van der Waals surface area contributed by atoms with E-state index in [-0.39, 0.29) is 12.1 Å². The molecule has 26 heavy (non-hydrogen) atoms. The Morgan fingerprint density at radius 1 is 1.19 bits per heavy atom. The molecule has 1 aromatic carbocycles. The number of carboxylic acids is 1. The van der Waals surface area contributed by atoms with Gasteiger partial charge in [-0.25, -0.2) is 14.3 Å². The van der Waals surface area contributed by atoms with Gasteiger partial charge in [-0.3, -0.25) is 4.79 Å². The molecule has 0 bridgehead atoms. The molecule has 0 aliphatic carbocycles. The molecule has 8 heteroatoms. The third-order valence-electron chi connectivity index (χ3n) is 4.23. The van der Waals surface area contributed by atoms with E-state index in [0.717, 1.165) is 16.5 Å². The number of amides is 1. The average Bonchev–Trinajstić information content (AvgIpc) is 3.27. The molecule has 0 radical (unpaired) electrons. The standard InChI is InChI=1S/C18H15N5O3/c24-17(15-5-7-19-16-6-8-21-23(15)16)22-14(18(25)26)9-11-10-20-13-4-2-1-3-12(11)13/h1-8,10,14,20H,9H2,(H,22,24)(H,25,26). The molecular weight excluding hydrogens is 334 g/mol. The minimum atomic E-state index is -1.10. The van der Waals surface area contributed by atoms with Gasteiger partial charge in [0.2, 0.25) is 0 Å². The zero-order valence-corrected chi connectivity index (χ0v) is 13.6. The number of hydrogen-bond acceptors (Lipinski definition) is 4. The molecule has 1 amide bonds. The van der Waals surface area contributed by atoms with Crippen molar-refractivity contribution in [1.82, 2.24) is 24.9 Å². The number of aromatic amines is 1. The summed E-state index contributed by atoms with van der Waals surface area (Å²) < 4.78 is 1.37. The maximum Gasteiger partial charge on any atom is 0.326 e. The topological polar surface area (TPSA) is 112 Å². The summed E-state index contributed by atoms with van der Waals surface area (Å²) in [5, 5.41) is 17.1. The minimum Gasteiger partial charge on any atom is -0.480 e. The SMILES string of the molecule is O=C(NC(Cc1c[nH]c2ccccc12)C(=O)O)c1ccnc2ccnn12. The van der Waals surface area contributed by atoms with Crippen molar-refractivity contribution in [1.29, 1.82) is 0 Å². The lowest BCUT2D eigenvalue weighted by Gasteiger charge is -2.14. The lowest BCUT2D eigenvalue weighted by molar-refractivity contribution is -0.139. The third-order valence-corrected chi connectivity index (χ3v) is 4.23. The number of aliphatic carboxylic acids is 1. The number of H-pyrrole nitrogens is 1. The first-order valence-electron chi connectivity index (χ1n) is 8.01. The number of benzene rings is 1. The van der Waals surface area contributed by atoms with Gasteiger partial charge in [-0.05, 0) is 17.7 Å². The van der Waals surface area contributed by atoms with E-state index >= 15 is 0 Å². The van der Waals surface area contributed by atoms with Crippen molar-refractivity contribution in [3.8, 4) is 0 Å². The smallest absolute Gasteiger partial charge is 0.326 e. The summed E-state index contributed by atoms with van der Waals surface area (Å²) in [6.07, 6.45) is 4.95. The number of carbonyl (C=O) groups excluding carboxylic acids is 1. The third kappa shape index (κ3) is 2.77. The van der Waals surface area contributed by atoms with E-state index in [1.54, 1.807) is 12.3 Å². The Labute approximate surface area is 147 Å². The van der Waals surface area contributed by atoms with Crippen LogP contribution in [0.2, 0.25) is 0 Å². The summed E-state index contributed by atoms with van der Waals surface area (Å²) in [6, 6.07) is 9.71. The molecule has 3 aromatic heterocycles. The molecule has 0 spiro atoms. The Morgan fingerprint density at radius 2 is 2.04 bits per heavy atom. The molecule has 8 nitrogen and oxygen atoms in total. The number of fused-ring (bicyclic) bond motifs is 2. The van der Waals surface area contributed by atoms with Crippen molar-refractivity contribution in [3.05, 3.63) is 66.2 Å². The second-order valence-electron chi connectivity index (χ2n) is 5.86. The van der Waals surface area contributed by atoms with E-state index in [9.17, 15) is 14.7 Å². The molecular formula is C18H15N5O3. The zero-order chi connectivity index (χ0) is 18.1. The van der Waals surface area contributed by atoms with Gasteiger partial charge >= 0.3 is 5.97 Å². The van der Waals surface area contributed by atoms with E-state index in [0.29, 0.717) is 5.65 Å². The number of carboxylic acid groups (broad SMARTS) is 1. The number of para-hydroxylation sites is 1. The van der Waals surface area contributed by atoms with Gasteiger partial charge in [0.25, 0.3) is 5.91 Å². The average molecular weight is 349 g/mol. The van der Waals surface area contributed by atoms with E-state index in [4.69, 9.17) is 0 Å². The van der Waals surface area contributed by atoms with E-state index in [2.05, 4.69) is 20.4 Å². The first kappa shape index (κ1) is 15.8. The summed E-state index contributed by atoms with van der Waals surface area (Å²) in [5.74, 6) is -1.62. The van der Waals surface area contributed by atoms with Crippen molar-refractivity contribution >= 4 is 28.4 Å². The highest BCUT2D eigenvalue weighted by Crippen LogP contribution is 2.19. The number of nitrogens with one attached hydrogen (secondary N) is 2. The van der Waals surface area contributed by atoms with Gasteiger partial charge in [-0.1, -0.05) is 18.2 Å². The fourth-order valence-corrected chi connectivity index (χ4v) is 2.96. The van der Waals surface area contributed by atoms with Crippen LogP contribution in [0.4, 0.5) is 0 Å². The Morgan fingerprint density at radius 3 is 2.88 bits per heavy atom. The number of aromatic nitrogens is 4. The number of nitrogens with zero attached hydrogens (tertiary/aromatic N) is 3. The number of rotatable bonds is 5. The molecule has 1 atom stereocenters. The molecule has 4 aromatic rings. The highest BCUT2D eigenvalue weighted by atomic mass is 16.4. The predicted molar refractivity (Wildman–Crippen MR) is 93.9 cm³/mol. The Kier molecular flexibility index (Phi) is 3.85. The van der Waals surface area contributed by atoms with Crippen LogP contribution >= 0.6 is 0 Å². The monoisotopic (exact) mass is 349 g/mol. The summed E-state index contributed by atoms with van der Waals surface area (Å²) in [7, 11) is 0. The number of carbonyl (C=O) groups is 2. The van der Waals surface area contributed by atoms with Crippen molar-refractivity contribution in [2.75, 3.05) is 0 Å². The van der Waals surface area contributed by atoms with E-state index in [1.807, 2.05) is 24.3 Å². The quantitative estimate of drug-likeness (QED) is 0.507. The highest BCUT2D eigenvalue weighted by Gasteiger charge is 2.23. The van der Waals surface area contributed by atoms with Gasteiger partial charge in [-0.2, -0.15) is 5.10 Å². The van der Waals surface area contributed by atoms with Crippen LogP contribution < -0.4 is 5.32 Å². The van der Waals surface area contributed by atoms with Gasteiger partial charge < -0.3 is 15.4 Å². The minimum absolute atomic E-state index is 0.165. The molecule has 4 rings (SSSR count). The van der Waals surface area contributed by atoms with Gasteiger partial charge in [0, 0.05) is 35.8 Å². The largest absolute Gasteiger partial charge is 0.480 e. The summed E-state index contributed by atoms with van der Waals surface area (Å²) in [5.41, 5.74) is 2.49. The van der Waals surface area contributed by atoms with Crippen LogP contribution in [-0.2, 0) is 11.2 Å². The predicted octanol–water partition coefficient (Wildman–Crippen LogP) is 1.64. The van der Waals surface area contributed by atoms with Crippen LogP contribution in [0.1, 0.15) is 16.1 Å². The maximum absolute atomic E-state index is 12.6. The molecule has 0 saturated carbocycles. The van der Waals surface area contributed by atoms with Gasteiger partial charge in [0.15, 0.2) is 5.65 Å². The first-order valence-corrected chi connectivity index (χ1v) is 8.01. The summed E-state index contributed by atoms with van der Waals surface area (Å²) >= 11 is 0. The van der Waals surface area contributed by atoms with Gasteiger partial charge in [-0.15, -0.1) is 0 Å². The molecule has 0 saturated heterocycles. The number of hydrogen-bond donors (Lipinski definition) is 3. The lowest BCUT2D eigenvalue weighted by atomic mass is 10.0.